The molecule has 1 N–H and O–H groups in total. The Kier molecular flexibility index (Phi) is 3.15. The fourth-order valence-electron chi connectivity index (χ4n) is 1.32. The number of hydrogen-bond acceptors (Lipinski definition) is 6. The standard InChI is InChI=1S/C11H9NO5/c13-9-6-8(11(15)16-9)12-17-10(14)7-4-2-1-3-5-7/h1-5,8,12H,6H2/t8-/m0/s1. The van der Waals surface area contributed by atoms with E-state index in [9.17, 15) is 14.4 Å². The van der Waals surface area contributed by atoms with Crippen LogP contribution in [-0.4, -0.2) is 23.9 Å². The van der Waals surface area contributed by atoms with Gasteiger partial charge in [-0.1, -0.05) is 18.2 Å². The number of carbonyl (C=O) groups excluding carboxylic acids is 3. The van der Waals surface area contributed by atoms with Crippen LogP contribution in [0.1, 0.15) is 16.8 Å². The summed E-state index contributed by atoms with van der Waals surface area (Å²) in [7, 11) is 0. The van der Waals surface area contributed by atoms with Crippen LogP contribution in [-0.2, 0) is 19.2 Å². The fourth-order valence-corrected chi connectivity index (χ4v) is 1.32. The highest BCUT2D eigenvalue weighted by atomic mass is 16.7. The number of esters is 2. The first-order chi connectivity index (χ1) is 8.16. The van der Waals surface area contributed by atoms with Crippen LogP contribution in [0.25, 0.3) is 0 Å². The minimum Gasteiger partial charge on any atom is -0.392 e. The van der Waals surface area contributed by atoms with Crippen molar-refractivity contribution in [2.24, 2.45) is 0 Å². The highest BCUT2D eigenvalue weighted by molar-refractivity contribution is 5.97. The van der Waals surface area contributed by atoms with Gasteiger partial charge in [-0.25, -0.2) is 9.59 Å². The molecule has 0 aliphatic carbocycles. The molecule has 0 saturated carbocycles. The van der Waals surface area contributed by atoms with Gasteiger partial charge in [0.15, 0.2) is 6.04 Å². The molecule has 17 heavy (non-hydrogen) atoms. The molecule has 1 aliphatic rings. The van der Waals surface area contributed by atoms with Crippen molar-refractivity contribution in [3.05, 3.63) is 35.9 Å². The summed E-state index contributed by atoms with van der Waals surface area (Å²) in [5, 5.41) is 0. The second kappa shape index (κ2) is 4.75. The van der Waals surface area contributed by atoms with Crippen LogP contribution < -0.4 is 5.48 Å². The highest BCUT2D eigenvalue weighted by Gasteiger charge is 2.34. The van der Waals surface area contributed by atoms with Gasteiger partial charge in [-0.2, -0.15) is 0 Å². The zero-order valence-electron chi connectivity index (χ0n) is 8.71. The summed E-state index contributed by atoms with van der Waals surface area (Å²) in [5.41, 5.74) is 2.56. The molecule has 1 aromatic carbocycles. The lowest BCUT2D eigenvalue weighted by Gasteiger charge is -2.07. The third kappa shape index (κ3) is 2.67. The van der Waals surface area contributed by atoms with Gasteiger partial charge in [0.2, 0.25) is 0 Å². The number of cyclic esters (lactones) is 2. The Morgan fingerprint density at radius 1 is 1.29 bits per heavy atom. The van der Waals surface area contributed by atoms with Gasteiger partial charge in [0, 0.05) is 0 Å². The third-order valence-electron chi connectivity index (χ3n) is 2.17. The maximum Gasteiger partial charge on any atom is 0.356 e. The first-order valence-corrected chi connectivity index (χ1v) is 4.93. The molecule has 0 unspecified atom stereocenters. The average molecular weight is 235 g/mol. The largest absolute Gasteiger partial charge is 0.392 e. The SMILES string of the molecule is O=C1C[C@H](NOC(=O)c2ccccc2)C(=O)O1. The van der Waals surface area contributed by atoms with Crippen LogP contribution in [0.5, 0.6) is 0 Å². The molecular weight excluding hydrogens is 226 g/mol. The van der Waals surface area contributed by atoms with E-state index in [2.05, 4.69) is 15.1 Å². The van der Waals surface area contributed by atoms with Gasteiger partial charge in [-0.15, -0.1) is 5.48 Å². The van der Waals surface area contributed by atoms with Crippen molar-refractivity contribution in [2.45, 2.75) is 12.5 Å². The third-order valence-corrected chi connectivity index (χ3v) is 2.17. The second-order valence-corrected chi connectivity index (χ2v) is 3.42. The monoisotopic (exact) mass is 235 g/mol. The van der Waals surface area contributed by atoms with Crippen LogP contribution in [0.4, 0.5) is 0 Å². The van der Waals surface area contributed by atoms with E-state index >= 15 is 0 Å². The normalized spacial score (nSPS) is 18.9. The smallest absolute Gasteiger partial charge is 0.356 e. The Morgan fingerprint density at radius 2 is 2.00 bits per heavy atom. The summed E-state index contributed by atoms with van der Waals surface area (Å²) in [6.07, 6.45) is -0.138. The van der Waals surface area contributed by atoms with Crippen molar-refractivity contribution in [1.29, 1.82) is 0 Å². The summed E-state index contributed by atoms with van der Waals surface area (Å²) in [5.74, 6) is -2.00. The number of ether oxygens (including phenoxy) is 1. The zero-order chi connectivity index (χ0) is 12.3. The highest BCUT2D eigenvalue weighted by Crippen LogP contribution is 2.08. The molecule has 1 aromatic rings. The summed E-state index contributed by atoms with van der Waals surface area (Å²) < 4.78 is 4.28. The predicted molar refractivity (Wildman–Crippen MR) is 54.5 cm³/mol. The molecule has 0 aromatic heterocycles. The van der Waals surface area contributed by atoms with Crippen molar-refractivity contribution in [1.82, 2.24) is 5.48 Å². The first-order valence-electron chi connectivity index (χ1n) is 4.93. The lowest BCUT2D eigenvalue weighted by molar-refractivity contribution is -0.153. The van der Waals surface area contributed by atoms with Gasteiger partial charge in [0.05, 0.1) is 12.0 Å². The number of hydroxylamine groups is 1. The maximum absolute atomic E-state index is 11.5. The maximum atomic E-state index is 11.5. The number of rotatable bonds is 3. The fraction of sp³-hybridized carbons (Fsp3) is 0.182. The number of hydrogen-bond donors (Lipinski definition) is 1. The molecule has 0 radical (unpaired) electrons. The topological polar surface area (TPSA) is 81.7 Å². The van der Waals surface area contributed by atoms with E-state index in [0.29, 0.717) is 5.56 Å². The molecule has 88 valence electrons. The predicted octanol–water partition coefficient (Wildman–Crippen LogP) is 0.190. The summed E-state index contributed by atoms with van der Waals surface area (Å²) in [4.78, 5) is 37.9. The van der Waals surface area contributed by atoms with Gasteiger partial charge >= 0.3 is 17.9 Å². The zero-order valence-corrected chi connectivity index (χ0v) is 8.71. The molecule has 0 amide bonds. The van der Waals surface area contributed by atoms with Crippen molar-refractivity contribution in [3.63, 3.8) is 0 Å². The van der Waals surface area contributed by atoms with Gasteiger partial charge in [-0.3, -0.25) is 4.79 Å². The van der Waals surface area contributed by atoms with Crippen LogP contribution in [0.3, 0.4) is 0 Å². The lowest BCUT2D eigenvalue weighted by Crippen LogP contribution is -2.35. The molecule has 1 atom stereocenters. The Morgan fingerprint density at radius 3 is 2.59 bits per heavy atom. The van der Waals surface area contributed by atoms with E-state index in [1.165, 1.54) is 0 Å². The van der Waals surface area contributed by atoms with E-state index < -0.39 is 23.9 Å². The molecule has 6 heteroatoms. The number of benzene rings is 1. The minimum absolute atomic E-state index is 0.138. The molecular formula is C11H9NO5. The van der Waals surface area contributed by atoms with Crippen LogP contribution >= 0.6 is 0 Å². The molecule has 0 spiro atoms. The number of nitrogens with one attached hydrogen (secondary N) is 1. The summed E-state index contributed by atoms with van der Waals surface area (Å²) in [6, 6.07) is 7.35. The minimum atomic E-state index is -0.921. The quantitative estimate of drug-likeness (QED) is 0.457. The van der Waals surface area contributed by atoms with E-state index in [4.69, 9.17) is 0 Å². The second-order valence-electron chi connectivity index (χ2n) is 3.42. The van der Waals surface area contributed by atoms with Gasteiger partial charge in [-0.05, 0) is 12.1 Å². The van der Waals surface area contributed by atoms with Crippen molar-refractivity contribution >= 4 is 17.9 Å². The van der Waals surface area contributed by atoms with E-state index in [1.807, 2.05) is 0 Å². The number of carbonyl (C=O) groups is 3. The van der Waals surface area contributed by atoms with Gasteiger partial charge < -0.3 is 9.57 Å². The Balaban J connectivity index is 1.89. The summed E-state index contributed by atoms with van der Waals surface area (Å²) in [6.45, 7) is 0. The van der Waals surface area contributed by atoms with E-state index in [1.54, 1.807) is 30.3 Å². The Bertz CT molecular complexity index is 456. The Labute approximate surface area is 96.5 Å². The molecule has 0 bridgehead atoms. The van der Waals surface area contributed by atoms with Crippen molar-refractivity contribution in [2.75, 3.05) is 0 Å². The van der Waals surface area contributed by atoms with Crippen molar-refractivity contribution in [3.8, 4) is 0 Å². The molecule has 1 aliphatic heterocycles. The summed E-state index contributed by atoms with van der Waals surface area (Å²) >= 11 is 0. The van der Waals surface area contributed by atoms with E-state index in [-0.39, 0.29) is 6.42 Å². The first kappa shape index (κ1) is 11.3. The van der Waals surface area contributed by atoms with Gasteiger partial charge in [0.1, 0.15) is 0 Å². The van der Waals surface area contributed by atoms with Gasteiger partial charge in [0.25, 0.3) is 0 Å². The lowest BCUT2D eigenvalue weighted by atomic mass is 10.2. The van der Waals surface area contributed by atoms with Crippen LogP contribution in [0, 0.1) is 0 Å². The van der Waals surface area contributed by atoms with Crippen LogP contribution in [0.15, 0.2) is 30.3 Å². The average Bonchev–Trinajstić information content (AvgIpc) is 2.66. The Hall–Kier alpha value is -2.21. The van der Waals surface area contributed by atoms with Crippen molar-refractivity contribution < 1.29 is 24.0 Å². The van der Waals surface area contributed by atoms with E-state index in [0.717, 1.165) is 0 Å². The molecule has 1 fully saturated rings. The molecule has 6 nitrogen and oxygen atoms in total. The molecule has 1 heterocycles. The van der Waals surface area contributed by atoms with Crippen LogP contribution in [0.2, 0.25) is 0 Å². The molecule has 2 rings (SSSR count). The molecule has 1 saturated heterocycles.